The van der Waals surface area contributed by atoms with Crippen LogP contribution in [0.5, 0.6) is 0 Å². The smallest absolute Gasteiger partial charge is 0.227 e. The summed E-state index contributed by atoms with van der Waals surface area (Å²) in [4.78, 5) is 5.17. The molecule has 0 fully saturated rings. The summed E-state index contributed by atoms with van der Waals surface area (Å²) in [5, 5.41) is 14.1. The van der Waals surface area contributed by atoms with Crippen molar-refractivity contribution in [3.63, 3.8) is 0 Å². The van der Waals surface area contributed by atoms with Crippen LogP contribution in [0.4, 0.5) is 0 Å². The van der Waals surface area contributed by atoms with Crippen LogP contribution in [-0.2, 0) is 0 Å². The highest BCUT2D eigenvalue weighted by Gasteiger charge is 2.17. The molecule has 11 rings (SSSR count). The van der Waals surface area contributed by atoms with Gasteiger partial charge in [-0.2, -0.15) is 5.26 Å². The summed E-state index contributed by atoms with van der Waals surface area (Å²) in [6.07, 6.45) is 0. The van der Waals surface area contributed by atoms with Gasteiger partial charge >= 0.3 is 0 Å². The maximum Gasteiger partial charge on any atom is 0.227 e. The molecule has 0 N–H and O–H groups in total. The van der Waals surface area contributed by atoms with Gasteiger partial charge in [0.15, 0.2) is 5.58 Å². The van der Waals surface area contributed by atoms with Gasteiger partial charge < -0.3 is 4.42 Å². The average molecular weight is 777 g/mol. The zero-order chi connectivity index (χ0) is 40.7. The highest BCUT2D eigenvalue weighted by molar-refractivity contribution is 6.00. The van der Waals surface area contributed by atoms with Gasteiger partial charge in [-0.15, -0.1) is 0 Å². The Morgan fingerprint density at radius 2 is 0.738 bits per heavy atom. The number of hydrogen-bond donors (Lipinski definition) is 0. The van der Waals surface area contributed by atoms with Crippen molar-refractivity contribution in [1.82, 2.24) is 4.98 Å². The predicted molar refractivity (Wildman–Crippen MR) is 252 cm³/mol. The molecule has 0 amide bonds. The van der Waals surface area contributed by atoms with Crippen molar-refractivity contribution in [1.29, 1.82) is 5.26 Å². The van der Waals surface area contributed by atoms with Crippen LogP contribution in [0, 0.1) is 11.3 Å². The molecule has 0 saturated heterocycles. The number of hydrogen-bond acceptors (Lipinski definition) is 3. The minimum atomic E-state index is 0.579. The van der Waals surface area contributed by atoms with Gasteiger partial charge in [-0.1, -0.05) is 182 Å². The van der Waals surface area contributed by atoms with Crippen LogP contribution in [-0.4, -0.2) is 4.98 Å². The van der Waals surface area contributed by atoms with E-state index in [1.165, 1.54) is 43.8 Å². The van der Waals surface area contributed by atoms with Crippen LogP contribution >= 0.6 is 0 Å². The lowest BCUT2D eigenvalue weighted by Crippen LogP contribution is -1.87. The molecule has 1 heterocycles. The van der Waals surface area contributed by atoms with Gasteiger partial charge in [-0.3, -0.25) is 0 Å². The molecule has 0 atom stereocenters. The van der Waals surface area contributed by atoms with Gasteiger partial charge in [0.1, 0.15) is 5.52 Å². The van der Waals surface area contributed by atoms with E-state index in [4.69, 9.17) is 9.40 Å². The molecule has 0 bridgehead atoms. The highest BCUT2D eigenvalue weighted by Crippen LogP contribution is 2.39. The summed E-state index contributed by atoms with van der Waals surface area (Å²) >= 11 is 0. The van der Waals surface area contributed by atoms with Gasteiger partial charge in [-0.25, -0.2) is 4.98 Å². The van der Waals surface area contributed by atoms with Gasteiger partial charge in [0.25, 0.3) is 0 Å². The lowest BCUT2D eigenvalue weighted by atomic mass is 9.93. The van der Waals surface area contributed by atoms with Crippen molar-refractivity contribution < 1.29 is 4.42 Å². The fourth-order valence-electron chi connectivity index (χ4n) is 8.56. The fraction of sp³-hybridized carbons (Fsp3) is 0. The number of nitriles is 1. The lowest BCUT2D eigenvalue weighted by molar-refractivity contribution is 0.620. The van der Waals surface area contributed by atoms with E-state index in [0.29, 0.717) is 11.5 Å². The summed E-state index contributed by atoms with van der Waals surface area (Å²) in [7, 11) is 0. The molecular weight excluding hydrogens is 741 g/mol. The van der Waals surface area contributed by atoms with Crippen LogP contribution in [0.2, 0.25) is 0 Å². The third kappa shape index (κ3) is 6.73. The van der Waals surface area contributed by atoms with E-state index in [1.54, 1.807) is 0 Å². The average Bonchev–Trinajstić information content (AvgIpc) is 3.78. The molecule has 10 aromatic carbocycles. The number of aromatic nitrogens is 1. The monoisotopic (exact) mass is 776 g/mol. The molecule has 0 radical (unpaired) electrons. The summed E-state index contributed by atoms with van der Waals surface area (Å²) in [5.41, 5.74) is 16.6. The first-order chi connectivity index (χ1) is 30.1. The van der Waals surface area contributed by atoms with Crippen molar-refractivity contribution in [2.24, 2.45) is 0 Å². The molecule has 1 aromatic heterocycles. The first-order valence-corrected chi connectivity index (χ1v) is 20.5. The summed E-state index contributed by atoms with van der Waals surface area (Å²) in [5.74, 6) is 0.579. The molecule has 0 aliphatic heterocycles. The Morgan fingerprint density at radius 3 is 1.23 bits per heavy atom. The summed E-state index contributed by atoms with van der Waals surface area (Å²) < 4.78 is 6.66. The fourth-order valence-corrected chi connectivity index (χ4v) is 8.56. The highest BCUT2D eigenvalue weighted by atomic mass is 16.3. The molecule has 3 nitrogen and oxygen atoms in total. The molecule has 0 spiro atoms. The largest absolute Gasteiger partial charge is 0.436 e. The standard InChI is InChI=1S/C58H36N2O/c59-37-38-15-17-39(18-16-38)40-19-21-41(22-20-40)42-25-33-49(34-26-42)58-60-57-55(48-31-29-47(30-32-48)54-14-6-10-45-8-2-4-12-52(45)54)35-50(36-56(57)61-58)43-23-27-46(28-24-43)53-13-5-9-44-7-1-3-11-51(44)53/h1-36H. The van der Waals surface area contributed by atoms with Crippen molar-refractivity contribution in [2.45, 2.75) is 0 Å². The topological polar surface area (TPSA) is 49.8 Å². The molecular formula is C58H36N2O. The Hall–Kier alpha value is -8.32. The third-order valence-electron chi connectivity index (χ3n) is 11.8. The Morgan fingerprint density at radius 1 is 0.344 bits per heavy atom. The maximum atomic E-state index is 9.17. The Balaban J connectivity index is 0.959. The van der Waals surface area contributed by atoms with E-state index in [1.807, 2.05) is 24.3 Å². The van der Waals surface area contributed by atoms with E-state index in [0.717, 1.165) is 61.2 Å². The molecule has 61 heavy (non-hydrogen) atoms. The summed E-state index contributed by atoms with van der Waals surface area (Å²) in [6.45, 7) is 0. The van der Waals surface area contributed by atoms with E-state index >= 15 is 0 Å². The number of rotatable bonds is 7. The van der Waals surface area contributed by atoms with Crippen molar-refractivity contribution in [2.75, 3.05) is 0 Å². The SMILES string of the molecule is N#Cc1ccc(-c2ccc(-c3ccc(-c4nc5c(-c6ccc(-c7cccc8ccccc78)cc6)cc(-c6ccc(-c7cccc8ccccc78)cc6)cc5o4)cc3)cc2)cc1. The molecule has 0 aliphatic carbocycles. The molecule has 0 aliphatic rings. The second-order valence-corrected chi connectivity index (χ2v) is 15.4. The van der Waals surface area contributed by atoms with Crippen LogP contribution in [0.15, 0.2) is 223 Å². The zero-order valence-corrected chi connectivity index (χ0v) is 33.1. The van der Waals surface area contributed by atoms with Crippen molar-refractivity contribution in [3.8, 4) is 84.3 Å². The van der Waals surface area contributed by atoms with E-state index in [-0.39, 0.29) is 0 Å². The van der Waals surface area contributed by atoms with Gasteiger partial charge in [0.05, 0.1) is 11.6 Å². The lowest BCUT2D eigenvalue weighted by Gasteiger charge is -2.11. The minimum absolute atomic E-state index is 0.579. The van der Waals surface area contributed by atoms with E-state index in [2.05, 4.69) is 200 Å². The molecule has 284 valence electrons. The Labute approximate surface area is 354 Å². The Bertz CT molecular complexity index is 3420. The van der Waals surface area contributed by atoms with Crippen LogP contribution in [0.25, 0.3) is 111 Å². The number of benzene rings is 10. The van der Waals surface area contributed by atoms with E-state index in [9.17, 15) is 5.26 Å². The normalized spacial score (nSPS) is 11.3. The van der Waals surface area contributed by atoms with Crippen molar-refractivity contribution >= 4 is 32.6 Å². The first kappa shape index (κ1) is 35.8. The van der Waals surface area contributed by atoms with Gasteiger partial charge in [-0.05, 0) is 119 Å². The van der Waals surface area contributed by atoms with Gasteiger partial charge in [0, 0.05) is 11.1 Å². The number of oxazole rings is 1. The second kappa shape index (κ2) is 15.1. The predicted octanol–water partition coefficient (Wildman–Crippen LogP) is 15.7. The van der Waals surface area contributed by atoms with Crippen LogP contribution in [0.3, 0.4) is 0 Å². The maximum absolute atomic E-state index is 9.17. The van der Waals surface area contributed by atoms with Crippen molar-refractivity contribution in [3.05, 3.63) is 224 Å². The third-order valence-corrected chi connectivity index (χ3v) is 11.8. The molecule has 11 aromatic rings. The second-order valence-electron chi connectivity index (χ2n) is 15.4. The molecule has 0 saturated carbocycles. The molecule has 3 heteroatoms. The zero-order valence-electron chi connectivity index (χ0n) is 33.1. The minimum Gasteiger partial charge on any atom is -0.436 e. The van der Waals surface area contributed by atoms with Crippen LogP contribution < -0.4 is 0 Å². The number of fused-ring (bicyclic) bond motifs is 3. The Kier molecular flexibility index (Phi) is 8.88. The van der Waals surface area contributed by atoms with E-state index < -0.39 is 0 Å². The summed E-state index contributed by atoms with van der Waals surface area (Å²) in [6, 6.07) is 78.9. The quantitative estimate of drug-likeness (QED) is 0.162. The van der Waals surface area contributed by atoms with Crippen LogP contribution in [0.1, 0.15) is 5.56 Å². The van der Waals surface area contributed by atoms with Gasteiger partial charge in [0.2, 0.25) is 5.89 Å². The molecule has 0 unspecified atom stereocenters. The number of nitrogens with zero attached hydrogens (tertiary/aromatic N) is 2. The first-order valence-electron chi connectivity index (χ1n) is 20.5.